The molecule has 9 aromatic carbocycles. The van der Waals surface area contributed by atoms with E-state index in [1.807, 2.05) is 84.9 Å². The molecule has 0 N–H and O–H groups in total. The molecule has 0 radical (unpaired) electrons. The van der Waals surface area contributed by atoms with Crippen LogP contribution in [0.3, 0.4) is 0 Å². The number of hydrogen-bond donors (Lipinski definition) is 0. The van der Waals surface area contributed by atoms with Crippen LogP contribution in [0, 0.1) is 0 Å². The Bertz CT molecular complexity index is 3750. The van der Waals surface area contributed by atoms with E-state index in [4.69, 9.17) is 16.8 Å². The highest BCUT2D eigenvalue weighted by atomic mass is 16.3. The van der Waals surface area contributed by atoms with E-state index < -0.39 is 108 Å². The Kier molecular flexibility index (Phi) is 4.40. The molecule has 0 aliphatic rings. The first-order valence-corrected chi connectivity index (χ1v) is 16.5. The molecule has 244 valence electrons. The second-order valence-electron chi connectivity index (χ2n) is 12.1. The Morgan fingerprint density at radius 3 is 2.04 bits per heavy atom. The number of rotatable bonds is 6. The molecule has 0 amide bonds. The summed E-state index contributed by atoms with van der Waals surface area (Å²) in [4.78, 5) is 1.20. The Labute approximate surface area is 323 Å². The van der Waals surface area contributed by atoms with Gasteiger partial charge >= 0.3 is 0 Å². The largest absolute Gasteiger partial charge is 0.455 e. The first kappa shape index (κ1) is 18.4. The van der Waals surface area contributed by atoms with Crippen molar-refractivity contribution in [3.8, 4) is 33.4 Å². The van der Waals surface area contributed by atoms with Crippen molar-refractivity contribution in [3.63, 3.8) is 0 Å². The highest BCUT2D eigenvalue weighted by molar-refractivity contribution is 6.23. The van der Waals surface area contributed by atoms with Gasteiger partial charge in [-0.1, -0.05) is 157 Å². The Hall–Kier alpha value is -6.90. The summed E-state index contributed by atoms with van der Waals surface area (Å²) in [6, 6.07) is 23.7. The third-order valence-corrected chi connectivity index (χ3v) is 9.15. The minimum Gasteiger partial charge on any atom is -0.455 e. The van der Waals surface area contributed by atoms with Gasteiger partial charge in [0.25, 0.3) is 0 Å². The molecule has 0 unspecified atom stereocenters. The second-order valence-corrected chi connectivity index (χ2v) is 12.1. The normalized spacial score (nSPS) is 15.5. The van der Waals surface area contributed by atoms with Crippen LogP contribution in [-0.4, -0.2) is 0 Å². The van der Waals surface area contributed by atoms with Gasteiger partial charge in [-0.3, -0.25) is 0 Å². The number of furan rings is 1. The van der Waals surface area contributed by atoms with Gasteiger partial charge in [0, 0.05) is 22.1 Å². The number of anilines is 3. The zero-order valence-corrected chi connectivity index (χ0v) is 27.2. The van der Waals surface area contributed by atoms with E-state index >= 15 is 0 Å². The molecule has 0 saturated carbocycles. The number of fused-ring (bicyclic) bond motifs is 6. The SMILES string of the molecule is [2H]c1cc(-c2c([2H])c([2H])c([2H])c([2H])c2[2H])c([2H])c([2H])c1N(c1c([2H])c([2H])c2c([2H])c([2H])c([2H])c([2H])c2c1[2H])c1cccc2oc3c4ccccc4c(-c4ccccc4-c4ccccc4)cc3c12. The molecule has 0 aliphatic carbocycles. The Balaban J connectivity index is 1.36. The number of nitrogens with zero attached hydrogens (tertiary/aromatic N) is 1. The zero-order chi connectivity index (χ0) is 47.5. The van der Waals surface area contributed by atoms with Crippen molar-refractivity contribution in [3.05, 3.63) is 200 Å². The van der Waals surface area contributed by atoms with Gasteiger partial charge in [-0.15, -0.1) is 0 Å². The summed E-state index contributed by atoms with van der Waals surface area (Å²) in [5.74, 6) is 0. The molecule has 0 saturated heterocycles. The molecule has 1 heterocycles. The maximum absolute atomic E-state index is 9.70. The van der Waals surface area contributed by atoms with Crippen molar-refractivity contribution >= 4 is 60.5 Å². The molecule has 10 rings (SSSR count). The third-order valence-electron chi connectivity index (χ3n) is 9.15. The average Bonchev–Trinajstić information content (AvgIpc) is 3.73. The summed E-state index contributed by atoms with van der Waals surface area (Å²) >= 11 is 0. The lowest BCUT2D eigenvalue weighted by molar-refractivity contribution is 0.672. The summed E-state index contributed by atoms with van der Waals surface area (Å²) in [7, 11) is 0. The van der Waals surface area contributed by atoms with E-state index in [1.165, 1.54) is 4.90 Å². The van der Waals surface area contributed by atoms with Crippen LogP contribution in [0.5, 0.6) is 0 Å². The van der Waals surface area contributed by atoms with E-state index in [9.17, 15) is 8.22 Å². The van der Waals surface area contributed by atoms with Crippen LogP contribution in [0.4, 0.5) is 17.1 Å². The van der Waals surface area contributed by atoms with Gasteiger partial charge in [-0.25, -0.2) is 0 Å². The quantitative estimate of drug-likeness (QED) is 0.174. The fourth-order valence-electron chi connectivity index (χ4n) is 6.84. The lowest BCUT2D eigenvalue weighted by atomic mass is 9.90. The lowest BCUT2D eigenvalue weighted by Crippen LogP contribution is -2.10. The van der Waals surface area contributed by atoms with Crippen LogP contribution in [0.25, 0.3) is 76.9 Å². The molecule has 0 fully saturated rings. The first-order valence-electron chi connectivity index (χ1n) is 24.0. The molecule has 10 aromatic rings. The zero-order valence-electron chi connectivity index (χ0n) is 42.2. The van der Waals surface area contributed by atoms with Crippen molar-refractivity contribution < 1.29 is 25.0 Å². The summed E-state index contributed by atoms with van der Waals surface area (Å²) < 4.78 is 140. The Morgan fingerprint density at radius 2 is 1.17 bits per heavy atom. The van der Waals surface area contributed by atoms with Crippen molar-refractivity contribution in [2.24, 2.45) is 0 Å². The summed E-state index contributed by atoms with van der Waals surface area (Å²) in [5.41, 5.74) is 2.94. The van der Waals surface area contributed by atoms with Crippen LogP contribution in [-0.2, 0) is 0 Å². The fraction of sp³-hybridized carbons (Fsp3) is 0. The predicted molar refractivity (Wildman–Crippen MR) is 220 cm³/mol. The molecule has 0 bridgehead atoms. The maximum Gasteiger partial charge on any atom is 0.143 e. The van der Waals surface area contributed by atoms with Gasteiger partial charge in [0.15, 0.2) is 0 Å². The second kappa shape index (κ2) is 12.5. The van der Waals surface area contributed by atoms with Crippen LogP contribution in [0.2, 0.25) is 0 Å². The van der Waals surface area contributed by atoms with Gasteiger partial charge in [-0.05, 0) is 91.9 Å². The smallest absolute Gasteiger partial charge is 0.143 e. The van der Waals surface area contributed by atoms with Crippen molar-refractivity contribution in [1.82, 2.24) is 0 Å². The van der Waals surface area contributed by atoms with Gasteiger partial charge in [0.05, 0.1) is 31.6 Å². The van der Waals surface area contributed by atoms with Gasteiger partial charge in [-0.2, -0.15) is 0 Å². The van der Waals surface area contributed by atoms with Gasteiger partial charge in [0.1, 0.15) is 11.2 Å². The molecule has 2 heteroatoms. The topological polar surface area (TPSA) is 16.4 Å². The van der Waals surface area contributed by atoms with Gasteiger partial charge in [0.2, 0.25) is 0 Å². The molecule has 0 spiro atoms. The Morgan fingerprint density at radius 1 is 0.442 bits per heavy atom. The van der Waals surface area contributed by atoms with E-state index in [-0.39, 0.29) is 22.0 Å². The van der Waals surface area contributed by atoms with Crippen LogP contribution in [0.15, 0.2) is 204 Å². The summed E-state index contributed by atoms with van der Waals surface area (Å²) in [6.45, 7) is 0. The highest BCUT2D eigenvalue weighted by Crippen LogP contribution is 2.47. The fourth-order valence-corrected chi connectivity index (χ4v) is 6.84. The number of hydrogen-bond acceptors (Lipinski definition) is 2. The molecular formula is C50H33NO. The molecule has 1 aromatic heterocycles. The monoisotopic (exact) mass is 678 g/mol. The van der Waals surface area contributed by atoms with E-state index in [0.717, 1.165) is 39.1 Å². The lowest BCUT2D eigenvalue weighted by Gasteiger charge is -2.27. The summed E-state index contributed by atoms with van der Waals surface area (Å²) in [6.07, 6.45) is 0. The van der Waals surface area contributed by atoms with Crippen LogP contribution >= 0.6 is 0 Å². The first-order chi connectivity index (χ1) is 32.0. The van der Waals surface area contributed by atoms with E-state index in [2.05, 4.69) is 0 Å². The van der Waals surface area contributed by atoms with Crippen molar-refractivity contribution in [2.45, 2.75) is 0 Å². The number of benzene rings is 9. The molecular weight excluding hydrogens is 631 g/mol. The maximum atomic E-state index is 9.70. The highest BCUT2D eigenvalue weighted by Gasteiger charge is 2.22. The predicted octanol–water partition coefficient (Wildman–Crippen LogP) is 14.4. The molecule has 2 nitrogen and oxygen atoms in total. The minimum atomic E-state index is -0.706. The molecule has 0 atom stereocenters. The minimum absolute atomic E-state index is 0.118. The van der Waals surface area contributed by atoms with E-state index in [1.54, 1.807) is 18.2 Å². The third kappa shape index (κ3) is 5.04. The van der Waals surface area contributed by atoms with Crippen LogP contribution < -0.4 is 4.90 Å². The van der Waals surface area contributed by atoms with Crippen LogP contribution in [0.1, 0.15) is 20.6 Å². The van der Waals surface area contributed by atoms with Gasteiger partial charge < -0.3 is 9.32 Å². The standard InChI is InChI=1S/C50H33NO/c1-3-14-34(15-4-1)36-26-29-39(30-27-36)51(40-31-28-35-16-7-8-19-38(35)32-40)47-24-13-25-48-49(47)46-33-45(43-22-11-12-23-44(43)50(46)52-48)42-21-10-9-20-41(42)37-17-5-2-6-18-37/h1-33H/i1D,3D,4D,7D,8D,14D,15D,16D,19D,26D,28D,29D,30D,31D,32D. The summed E-state index contributed by atoms with van der Waals surface area (Å²) in [5, 5.41) is 1.76. The van der Waals surface area contributed by atoms with Crippen molar-refractivity contribution in [2.75, 3.05) is 4.90 Å². The van der Waals surface area contributed by atoms with Crippen molar-refractivity contribution in [1.29, 1.82) is 0 Å². The average molecular weight is 679 g/mol. The molecule has 52 heavy (non-hydrogen) atoms. The van der Waals surface area contributed by atoms with E-state index in [0.29, 0.717) is 21.9 Å². The molecule has 0 aliphatic heterocycles.